The van der Waals surface area contributed by atoms with Gasteiger partial charge < -0.3 is 9.64 Å². The first-order valence-electron chi connectivity index (χ1n) is 9.15. The van der Waals surface area contributed by atoms with Crippen LogP contribution >= 0.6 is 0 Å². The molecule has 0 aliphatic carbocycles. The first-order chi connectivity index (χ1) is 13.5. The number of esters is 1. The molecule has 0 N–H and O–H groups in total. The average molecular weight is 373 g/mol. The zero-order valence-electron chi connectivity index (χ0n) is 16.1. The van der Waals surface area contributed by atoms with E-state index in [9.17, 15) is 9.59 Å². The molecule has 0 unspecified atom stereocenters. The molecule has 0 radical (unpaired) electrons. The quantitative estimate of drug-likeness (QED) is 0.592. The van der Waals surface area contributed by atoms with E-state index in [2.05, 4.69) is 0 Å². The van der Waals surface area contributed by atoms with Crippen molar-refractivity contribution in [1.82, 2.24) is 4.90 Å². The molecule has 0 bridgehead atoms. The summed E-state index contributed by atoms with van der Waals surface area (Å²) in [6.07, 6.45) is 0. The molecule has 0 spiro atoms. The lowest BCUT2D eigenvalue weighted by Crippen LogP contribution is -2.28. The van der Waals surface area contributed by atoms with Crippen LogP contribution in [0.5, 0.6) is 0 Å². The van der Waals surface area contributed by atoms with Gasteiger partial charge in [-0.2, -0.15) is 0 Å². The third-order valence-corrected chi connectivity index (χ3v) is 4.44. The second-order valence-electron chi connectivity index (χ2n) is 6.76. The SMILES string of the molecule is Cc1cccc(COC(=O)c2ccccc2C(=O)N(C)Cc2ccccc2)c1. The van der Waals surface area contributed by atoms with Gasteiger partial charge in [-0.15, -0.1) is 0 Å². The van der Waals surface area contributed by atoms with Crippen molar-refractivity contribution in [3.63, 3.8) is 0 Å². The summed E-state index contributed by atoms with van der Waals surface area (Å²) < 4.78 is 5.45. The number of carbonyl (C=O) groups is 2. The van der Waals surface area contributed by atoms with E-state index in [4.69, 9.17) is 4.74 Å². The highest BCUT2D eigenvalue weighted by molar-refractivity contribution is 6.05. The maximum absolute atomic E-state index is 12.9. The number of hydrogen-bond acceptors (Lipinski definition) is 3. The van der Waals surface area contributed by atoms with E-state index < -0.39 is 5.97 Å². The van der Waals surface area contributed by atoms with Crippen LogP contribution in [0.3, 0.4) is 0 Å². The summed E-state index contributed by atoms with van der Waals surface area (Å²) in [4.78, 5) is 27.1. The van der Waals surface area contributed by atoms with E-state index in [1.165, 1.54) is 0 Å². The van der Waals surface area contributed by atoms with E-state index in [1.54, 1.807) is 36.2 Å². The van der Waals surface area contributed by atoms with Gasteiger partial charge in [0, 0.05) is 13.6 Å². The predicted molar refractivity (Wildman–Crippen MR) is 109 cm³/mol. The molecule has 1 amide bonds. The zero-order valence-corrected chi connectivity index (χ0v) is 16.1. The molecule has 3 aromatic carbocycles. The second kappa shape index (κ2) is 9.00. The minimum atomic E-state index is -0.501. The van der Waals surface area contributed by atoms with Gasteiger partial charge >= 0.3 is 5.97 Å². The Bertz CT molecular complexity index is 966. The Kier molecular flexibility index (Phi) is 6.22. The average Bonchev–Trinajstić information content (AvgIpc) is 2.72. The maximum Gasteiger partial charge on any atom is 0.339 e. The monoisotopic (exact) mass is 373 g/mol. The van der Waals surface area contributed by atoms with Gasteiger partial charge in [0.15, 0.2) is 0 Å². The zero-order chi connectivity index (χ0) is 19.9. The number of carbonyl (C=O) groups excluding carboxylic acids is 2. The van der Waals surface area contributed by atoms with E-state index in [0.717, 1.165) is 16.7 Å². The molecule has 28 heavy (non-hydrogen) atoms. The number of hydrogen-bond donors (Lipinski definition) is 0. The summed E-state index contributed by atoms with van der Waals surface area (Å²) in [5.74, 6) is -0.717. The third kappa shape index (κ3) is 4.86. The van der Waals surface area contributed by atoms with Crippen LogP contribution in [0.15, 0.2) is 78.9 Å². The minimum Gasteiger partial charge on any atom is -0.457 e. The van der Waals surface area contributed by atoms with Gasteiger partial charge in [-0.25, -0.2) is 4.79 Å². The first-order valence-corrected chi connectivity index (χ1v) is 9.15. The van der Waals surface area contributed by atoms with Gasteiger partial charge in [0.05, 0.1) is 11.1 Å². The molecule has 0 saturated carbocycles. The Morgan fingerprint density at radius 1 is 0.821 bits per heavy atom. The standard InChI is InChI=1S/C24H23NO3/c1-18-9-8-12-20(15-18)17-28-24(27)22-14-7-6-13-21(22)23(26)25(2)16-19-10-4-3-5-11-19/h3-15H,16-17H2,1-2H3. The van der Waals surface area contributed by atoms with Crippen molar-refractivity contribution in [2.45, 2.75) is 20.1 Å². The van der Waals surface area contributed by atoms with Gasteiger partial charge in [-0.3, -0.25) is 4.79 Å². The molecule has 4 nitrogen and oxygen atoms in total. The van der Waals surface area contributed by atoms with E-state index >= 15 is 0 Å². The molecule has 0 fully saturated rings. The van der Waals surface area contributed by atoms with E-state index in [-0.39, 0.29) is 18.1 Å². The topological polar surface area (TPSA) is 46.6 Å². The van der Waals surface area contributed by atoms with Crippen molar-refractivity contribution in [1.29, 1.82) is 0 Å². The Morgan fingerprint density at radius 3 is 2.18 bits per heavy atom. The predicted octanol–water partition coefficient (Wildman–Crippen LogP) is 4.62. The fourth-order valence-electron chi connectivity index (χ4n) is 3.01. The number of nitrogens with zero attached hydrogens (tertiary/aromatic N) is 1. The summed E-state index contributed by atoms with van der Waals surface area (Å²) in [6.45, 7) is 2.62. The van der Waals surface area contributed by atoms with Crippen molar-refractivity contribution in [3.05, 3.63) is 107 Å². The normalized spacial score (nSPS) is 10.4. The van der Waals surface area contributed by atoms with Crippen LogP contribution < -0.4 is 0 Å². The van der Waals surface area contributed by atoms with Crippen LogP contribution in [0.1, 0.15) is 37.4 Å². The van der Waals surface area contributed by atoms with Crippen molar-refractivity contribution in [2.24, 2.45) is 0 Å². The second-order valence-corrected chi connectivity index (χ2v) is 6.76. The summed E-state index contributed by atoms with van der Waals surface area (Å²) in [5, 5.41) is 0. The first kappa shape index (κ1) is 19.4. The van der Waals surface area contributed by atoms with Crippen molar-refractivity contribution in [3.8, 4) is 0 Å². The van der Waals surface area contributed by atoms with E-state index in [1.807, 2.05) is 61.5 Å². The van der Waals surface area contributed by atoms with Gasteiger partial charge in [-0.05, 0) is 30.2 Å². The van der Waals surface area contributed by atoms with Crippen LogP contribution in [-0.2, 0) is 17.9 Å². The van der Waals surface area contributed by atoms with Gasteiger partial charge in [-0.1, -0.05) is 72.3 Å². The lowest BCUT2D eigenvalue weighted by atomic mass is 10.1. The van der Waals surface area contributed by atoms with Crippen LogP contribution in [0.2, 0.25) is 0 Å². The van der Waals surface area contributed by atoms with Crippen molar-refractivity contribution >= 4 is 11.9 Å². The Labute approximate surface area is 165 Å². The highest BCUT2D eigenvalue weighted by atomic mass is 16.5. The fourth-order valence-corrected chi connectivity index (χ4v) is 3.01. The molecule has 0 saturated heterocycles. The minimum absolute atomic E-state index is 0.170. The number of amides is 1. The number of benzene rings is 3. The highest BCUT2D eigenvalue weighted by Gasteiger charge is 2.20. The Hall–Kier alpha value is -3.40. The lowest BCUT2D eigenvalue weighted by Gasteiger charge is -2.19. The molecule has 0 atom stereocenters. The number of aryl methyl sites for hydroxylation is 1. The van der Waals surface area contributed by atoms with Crippen LogP contribution in [0.4, 0.5) is 0 Å². The molecular weight excluding hydrogens is 350 g/mol. The number of ether oxygens (including phenoxy) is 1. The molecular formula is C24H23NO3. The van der Waals surface area contributed by atoms with E-state index in [0.29, 0.717) is 12.1 Å². The highest BCUT2D eigenvalue weighted by Crippen LogP contribution is 2.16. The lowest BCUT2D eigenvalue weighted by molar-refractivity contribution is 0.0467. The molecule has 0 aliphatic rings. The van der Waals surface area contributed by atoms with Gasteiger partial charge in [0.1, 0.15) is 6.61 Å². The van der Waals surface area contributed by atoms with Gasteiger partial charge in [0.25, 0.3) is 5.91 Å². The van der Waals surface area contributed by atoms with Crippen LogP contribution in [-0.4, -0.2) is 23.8 Å². The Morgan fingerprint density at radius 2 is 1.46 bits per heavy atom. The fraction of sp³-hybridized carbons (Fsp3) is 0.167. The third-order valence-electron chi connectivity index (χ3n) is 4.44. The molecule has 142 valence electrons. The maximum atomic E-state index is 12.9. The van der Waals surface area contributed by atoms with Gasteiger partial charge in [0.2, 0.25) is 0 Å². The smallest absolute Gasteiger partial charge is 0.339 e. The summed E-state index contributed by atoms with van der Waals surface area (Å²) >= 11 is 0. The number of rotatable bonds is 6. The molecule has 3 aromatic rings. The Balaban J connectivity index is 1.72. The largest absolute Gasteiger partial charge is 0.457 e. The summed E-state index contributed by atoms with van der Waals surface area (Å²) in [6, 6.07) is 24.3. The molecule has 3 rings (SSSR count). The van der Waals surface area contributed by atoms with Crippen LogP contribution in [0.25, 0.3) is 0 Å². The van der Waals surface area contributed by atoms with Crippen LogP contribution in [0, 0.1) is 6.92 Å². The molecule has 0 aliphatic heterocycles. The van der Waals surface area contributed by atoms with Crippen molar-refractivity contribution in [2.75, 3.05) is 7.05 Å². The molecule has 4 heteroatoms. The summed E-state index contributed by atoms with van der Waals surface area (Å²) in [7, 11) is 1.73. The molecule has 0 aromatic heterocycles. The summed E-state index contributed by atoms with van der Waals surface area (Å²) in [5.41, 5.74) is 3.66. The molecule has 0 heterocycles. The van der Waals surface area contributed by atoms with Crippen molar-refractivity contribution < 1.29 is 14.3 Å².